The first-order valence-corrected chi connectivity index (χ1v) is 9.45. The minimum Gasteiger partial charge on any atom is -0.393 e. The summed E-state index contributed by atoms with van der Waals surface area (Å²) in [5, 5.41) is 11.0. The molecule has 2 heteroatoms. The topological polar surface area (TPSA) is 37.3 Å². The first-order valence-electron chi connectivity index (χ1n) is 9.45. The zero-order chi connectivity index (χ0) is 15.9. The van der Waals surface area contributed by atoms with Gasteiger partial charge >= 0.3 is 0 Å². The predicted octanol–water partition coefficient (Wildman–Crippen LogP) is 4.21. The lowest BCUT2D eigenvalue weighted by atomic mass is 9.40. The van der Waals surface area contributed by atoms with Crippen molar-refractivity contribution in [2.24, 2.45) is 39.9 Å². The van der Waals surface area contributed by atoms with Gasteiger partial charge in [0.2, 0.25) is 0 Å². The summed E-state index contributed by atoms with van der Waals surface area (Å²) in [6.07, 6.45) is 7.67. The quantitative estimate of drug-likeness (QED) is 0.728. The highest BCUT2D eigenvalue weighted by Crippen LogP contribution is 2.71. The molecule has 0 unspecified atom stereocenters. The molecule has 7 atom stereocenters. The monoisotopic (exact) mass is 304 g/mol. The van der Waals surface area contributed by atoms with Crippen LogP contribution in [0.4, 0.5) is 0 Å². The number of aliphatic hydroxyl groups is 1. The smallest absolute Gasteiger partial charge is 0.142 e. The van der Waals surface area contributed by atoms with Crippen LogP contribution in [0.1, 0.15) is 72.6 Å². The van der Waals surface area contributed by atoms with Crippen LogP contribution in [0.5, 0.6) is 0 Å². The molecule has 0 aromatic rings. The van der Waals surface area contributed by atoms with Gasteiger partial charge < -0.3 is 5.11 Å². The van der Waals surface area contributed by atoms with E-state index in [0.29, 0.717) is 23.0 Å². The van der Waals surface area contributed by atoms with Crippen LogP contribution in [0.2, 0.25) is 0 Å². The van der Waals surface area contributed by atoms with Crippen molar-refractivity contribution in [2.75, 3.05) is 0 Å². The molecule has 0 heterocycles. The van der Waals surface area contributed by atoms with Crippen LogP contribution in [0.25, 0.3) is 0 Å². The molecule has 1 spiro atoms. The molecule has 0 amide bonds. The molecule has 2 bridgehead atoms. The highest BCUT2D eigenvalue weighted by atomic mass is 16.3. The molecule has 0 aromatic heterocycles. The summed E-state index contributed by atoms with van der Waals surface area (Å²) >= 11 is 0. The second-order valence-electron chi connectivity index (χ2n) is 9.99. The van der Waals surface area contributed by atoms with Crippen LogP contribution in [0.3, 0.4) is 0 Å². The van der Waals surface area contributed by atoms with E-state index in [4.69, 9.17) is 0 Å². The fraction of sp³-hybridized carbons (Fsp3) is 0.950. The Hall–Kier alpha value is -0.370. The molecule has 4 saturated carbocycles. The Morgan fingerprint density at radius 2 is 1.86 bits per heavy atom. The van der Waals surface area contributed by atoms with Crippen molar-refractivity contribution in [1.82, 2.24) is 0 Å². The van der Waals surface area contributed by atoms with Crippen molar-refractivity contribution >= 4 is 5.78 Å². The molecule has 124 valence electrons. The molecule has 2 nitrogen and oxygen atoms in total. The van der Waals surface area contributed by atoms with Crippen LogP contribution >= 0.6 is 0 Å². The van der Waals surface area contributed by atoms with Crippen molar-refractivity contribution < 1.29 is 9.90 Å². The molecule has 0 aliphatic heterocycles. The van der Waals surface area contributed by atoms with Gasteiger partial charge in [-0.05, 0) is 61.2 Å². The van der Waals surface area contributed by atoms with Gasteiger partial charge in [0.1, 0.15) is 5.78 Å². The van der Waals surface area contributed by atoms with Gasteiger partial charge in [-0.3, -0.25) is 4.79 Å². The van der Waals surface area contributed by atoms with E-state index in [1.54, 1.807) is 0 Å². The number of hydrogen-bond acceptors (Lipinski definition) is 2. The number of aliphatic hydroxyl groups excluding tert-OH is 1. The highest BCUT2D eigenvalue weighted by molar-refractivity contribution is 5.90. The second kappa shape index (κ2) is 4.37. The molecular weight excluding hydrogens is 272 g/mol. The number of carbonyl (C=O) groups excluding carboxylic acids is 1. The molecule has 0 aromatic carbocycles. The Morgan fingerprint density at radius 1 is 1.14 bits per heavy atom. The maximum absolute atomic E-state index is 13.2. The summed E-state index contributed by atoms with van der Waals surface area (Å²) in [6, 6.07) is 0. The lowest BCUT2D eigenvalue weighted by Crippen LogP contribution is -2.61. The summed E-state index contributed by atoms with van der Waals surface area (Å²) in [5.41, 5.74) is 0.336. The zero-order valence-electron chi connectivity index (χ0n) is 14.7. The predicted molar refractivity (Wildman–Crippen MR) is 87.3 cm³/mol. The van der Waals surface area contributed by atoms with Gasteiger partial charge in [-0.2, -0.15) is 0 Å². The standard InChI is InChI=1S/C20H32O2/c1-12-13-10-14(21)16-19(4)8-5-7-18(2,3)15(19)6-9-20(16,11-13)17(12)22/h12-16,21H,5-11H2,1-4H3/t12-,13-,14+,15-,16-,19-,20-/m1/s1. The third kappa shape index (κ3) is 1.63. The largest absolute Gasteiger partial charge is 0.393 e. The van der Waals surface area contributed by atoms with E-state index in [1.807, 2.05) is 0 Å². The first kappa shape index (κ1) is 15.2. The van der Waals surface area contributed by atoms with Crippen LogP contribution in [-0.4, -0.2) is 17.0 Å². The van der Waals surface area contributed by atoms with E-state index in [9.17, 15) is 9.90 Å². The van der Waals surface area contributed by atoms with E-state index >= 15 is 0 Å². The molecule has 4 aliphatic rings. The Kier molecular flexibility index (Phi) is 3.02. The summed E-state index contributed by atoms with van der Waals surface area (Å²) in [4.78, 5) is 13.2. The van der Waals surface area contributed by atoms with E-state index in [-0.39, 0.29) is 28.8 Å². The van der Waals surface area contributed by atoms with Gasteiger partial charge in [-0.25, -0.2) is 0 Å². The zero-order valence-corrected chi connectivity index (χ0v) is 14.7. The van der Waals surface area contributed by atoms with E-state index < -0.39 is 0 Å². The fourth-order valence-electron chi connectivity index (χ4n) is 7.91. The van der Waals surface area contributed by atoms with Gasteiger partial charge in [0.25, 0.3) is 0 Å². The van der Waals surface area contributed by atoms with Crippen LogP contribution in [0.15, 0.2) is 0 Å². The second-order valence-corrected chi connectivity index (χ2v) is 9.99. The normalized spacial score (nSPS) is 56.4. The van der Waals surface area contributed by atoms with Gasteiger partial charge in [-0.15, -0.1) is 0 Å². The lowest BCUT2D eigenvalue weighted by Gasteiger charge is -2.64. The number of hydrogen-bond donors (Lipinski definition) is 1. The number of fused-ring (bicyclic) bond motifs is 3. The minimum absolute atomic E-state index is 0.157. The van der Waals surface area contributed by atoms with Crippen molar-refractivity contribution in [3.63, 3.8) is 0 Å². The fourth-order valence-corrected chi connectivity index (χ4v) is 7.91. The molecule has 1 N–H and O–H groups in total. The summed E-state index contributed by atoms with van der Waals surface area (Å²) in [5.74, 6) is 2.00. The van der Waals surface area contributed by atoms with E-state index in [1.165, 1.54) is 25.7 Å². The van der Waals surface area contributed by atoms with Crippen LogP contribution in [0, 0.1) is 39.9 Å². The van der Waals surface area contributed by atoms with E-state index in [2.05, 4.69) is 27.7 Å². The minimum atomic E-state index is -0.255. The summed E-state index contributed by atoms with van der Waals surface area (Å²) < 4.78 is 0. The van der Waals surface area contributed by atoms with E-state index in [0.717, 1.165) is 19.3 Å². The SMILES string of the molecule is C[C@H]1C(=O)[C@@]23CC[C@@H]4C(C)(C)CCC[C@@]4(C)[C@H]2[C@@H](O)C[C@@H]1C3. The average molecular weight is 304 g/mol. The number of Topliss-reactive ketones (excluding diaryl/α,β-unsaturated/α-hetero) is 1. The molecule has 22 heavy (non-hydrogen) atoms. The molecule has 4 rings (SSSR count). The van der Waals surface area contributed by atoms with Crippen LogP contribution in [-0.2, 0) is 4.79 Å². The first-order chi connectivity index (χ1) is 10.2. The third-order valence-corrected chi connectivity index (χ3v) is 8.63. The van der Waals surface area contributed by atoms with Crippen molar-refractivity contribution in [1.29, 1.82) is 0 Å². The van der Waals surface area contributed by atoms with Crippen molar-refractivity contribution in [2.45, 2.75) is 78.7 Å². The average Bonchev–Trinajstić information content (AvgIpc) is 2.59. The van der Waals surface area contributed by atoms with Crippen molar-refractivity contribution in [3.05, 3.63) is 0 Å². The Bertz CT molecular complexity index is 510. The molecule has 0 saturated heterocycles. The van der Waals surface area contributed by atoms with Gasteiger partial charge in [-0.1, -0.05) is 34.1 Å². The number of ketones is 1. The number of rotatable bonds is 0. The molecule has 0 radical (unpaired) electrons. The lowest BCUT2D eigenvalue weighted by molar-refractivity contribution is -0.187. The molecular formula is C20H32O2. The molecule has 4 fully saturated rings. The summed E-state index contributed by atoms with van der Waals surface area (Å²) in [7, 11) is 0. The number of carbonyl (C=O) groups is 1. The Morgan fingerprint density at radius 3 is 2.59 bits per heavy atom. The Labute approximate surface area is 135 Å². The maximum atomic E-state index is 13.2. The third-order valence-electron chi connectivity index (χ3n) is 8.63. The highest BCUT2D eigenvalue weighted by Gasteiger charge is 2.69. The van der Waals surface area contributed by atoms with Gasteiger partial charge in [0.15, 0.2) is 0 Å². The van der Waals surface area contributed by atoms with Crippen LogP contribution < -0.4 is 0 Å². The van der Waals surface area contributed by atoms with Crippen molar-refractivity contribution in [3.8, 4) is 0 Å². The van der Waals surface area contributed by atoms with Gasteiger partial charge in [0, 0.05) is 17.3 Å². The Balaban J connectivity index is 1.82. The maximum Gasteiger partial charge on any atom is 0.142 e. The van der Waals surface area contributed by atoms with Gasteiger partial charge in [0.05, 0.1) is 6.10 Å². The summed E-state index contributed by atoms with van der Waals surface area (Å²) in [6.45, 7) is 9.38. The molecule has 4 aliphatic carbocycles.